The van der Waals surface area contributed by atoms with Crippen molar-refractivity contribution in [3.05, 3.63) is 41.0 Å². The number of methoxy groups -OCH3 is 5. The zero-order valence-corrected chi connectivity index (χ0v) is 26.5. The van der Waals surface area contributed by atoms with Crippen molar-refractivity contribution in [1.82, 2.24) is 4.90 Å². The minimum atomic E-state index is -0.955. The Labute approximate surface area is 247 Å². The van der Waals surface area contributed by atoms with Gasteiger partial charge in [0.1, 0.15) is 0 Å². The Balaban J connectivity index is 2.24. The summed E-state index contributed by atoms with van der Waals surface area (Å²) in [6.07, 6.45) is 4.82. The van der Waals surface area contributed by atoms with Gasteiger partial charge in [-0.3, -0.25) is 0 Å². The highest BCUT2D eigenvalue weighted by atomic mass is 16.5. The lowest BCUT2D eigenvalue weighted by Gasteiger charge is -2.35. The first-order valence-electron chi connectivity index (χ1n) is 14.5. The van der Waals surface area contributed by atoms with Crippen LogP contribution in [0.3, 0.4) is 0 Å². The van der Waals surface area contributed by atoms with Gasteiger partial charge in [-0.25, -0.2) is 0 Å². The van der Waals surface area contributed by atoms with Gasteiger partial charge in [-0.2, -0.15) is 5.26 Å². The van der Waals surface area contributed by atoms with E-state index in [-0.39, 0.29) is 12.3 Å². The fourth-order valence-corrected chi connectivity index (χ4v) is 5.46. The van der Waals surface area contributed by atoms with E-state index in [0.29, 0.717) is 23.8 Å². The van der Waals surface area contributed by atoms with Gasteiger partial charge in [-0.05, 0) is 79.6 Å². The molecule has 0 aliphatic carbocycles. The van der Waals surface area contributed by atoms with E-state index in [9.17, 15) is 10.4 Å². The van der Waals surface area contributed by atoms with Crippen LogP contribution in [0.25, 0.3) is 0 Å². The molecule has 0 radical (unpaired) electrons. The van der Waals surface area contributed by atoms with Crippen LogP contribution < -0.4 is 23.7 Å². The molecule has 0 amide bonds. The molecule has 0 saturated heterocycles. The van der Waals surface area contributed by atoms with Crippen LogP contribution in [0, 0.1) is 17.2 Å². The Morgan fingerprint density at radius 2 is 1.37 bits per heavy atom. The van der Waals surface area contributed by atoms with Crippen molar-refractivity contribution in [3.63, 3.8) is 0 Å². The Hall–Kier alpha value is -3.15. The van der Waals surface area contributed by atoms with E-state index in [1.165, 1.54) is 24.0 Å². The third-order valence-electron chi connectivity index (χ3n) is 7.96. The van der Waals surface area contributed by atoms with Crippen LogP contribution in [0.4, 0.5) is 0 Å². The average molecular weight is 571 g/mol. The molecule has 0 spiro atoms. The zero-order valence-electron chi connectivity index (χ0n) is 26.5. The molecule has 0 saturated carbocycles. The van der Waals surface area contributed by atoms with E-state index >= 15 is 0 Å². The van der Waals surface area contributed by atoms with Crippen molar-refractivity contribution >= 4 is 0 Å². The fraction of sp³-hybridized carbons (Fsp3) is 0.606. The number of rotatable bonds is 18. The third-order valence-corrected chi connectivity index (χ3v) is 7.96. The van der Waals surface area contributed by atoms with Crippen LogP contribution in [0.5, 0.6) is 28.7 Å². The van der Waals surface area contributed by atoms with Gasteiger partial charge < -0.3 is 33.7 Å². The summed E-state index contributed by atoms with van der Waals surface area (Å²) in [5.41, 5.74) is 2.28. The van der Waals surface area contributed by atoms with E-state index in [1.807, 2.05) is 33.0 Å². The van der Waals surface area contributed by atoms with Gasteiger partial charge in [0.15, 0.2) is 23.0 Å². The number of hydrogen-bond donors (Lipinski definition) is 1. The summed E-state index contributed by atoms with van der Waals surface area (Å²) in [4.78, 5) is 2.12. The average Bonchev–Trinajstić information content (AvgIpc) is 2.97. The molecule has 0 fully saturated rings. The Morgan fingerprint density at radius 3 is 1.80 bits per heavy atom. The van der Waals surface area contributed by atoms with Crippen molar-refractivity contribution in [2.45, 2.75) is 70.8 Å². The number of hydrogen-bond acceptors (Lipinski definition) is 8. The number of aryl methyl sites for hydroxylation is 1. The van der Waals surface area contributed by atoms with E-state index in [2.05, 4.69) is 30.0 Å². The lowest BCUT2D eigenvalue weighted by Crippen LogP contribution is -2.39. The van der Waals surface area contributed by atoms with Crippen molar-refractivity contribution in [2.24, 2.45) is 5.92 Å². The Morgan fingerprint density at radius 1 is 0.829 bits per heavy atom. The summed E-state index contributed by atoms with van der Waals surface area (Å²) >= 11 is 0. The number of benzene rings is 2. The molecule has 2 aromatic carbocycles. The second kappa shape index (κ2) is 16.3. The van der Waals surface area contributed by atoms with E-state index in [1.54, 1.807) is 35.5 Å². The molecule has 2 unspecified atom stereocenters. The van der Waals surface area contributed by atoms with Crippen LogP contribution >= 0.6 is 0 Å². The number of aliphatic hydroxyl groups excluding tert-OH is 1. The van der Waals surface area contributed by atoms with Gasteiger partial charge in [-0.1, -0.05) is 33.6 Å². The second-order valence-electron chi connectivity index (χ2n) is 11.0. The number of likely N-dealkylation sites (N-methyl/N-ethyl adjacent to an activating group) is 1. The third kappa shape index (κ3) is 8.43. The monoisotopic (exact) mass is 570 g/mol. The SMILES string of the molecule is CCCCCc1cc(OC)c(OC)cc1CCN(C)CC(O)CC(C#N)(c1cc(OC)c(OC)c(OC)c1)C(C)C. The van der Waals surface area contributed by atoms with Gasteiger partial charge >= 0.3 is 0 Å². The molecule has 2 rings (SSSR count). The largest absolute Gasteiger partial charge is 0.493 e. The van der Waals surface area contributed by atoms with Gasteiger partial charge in [0, 0.05) is 13.1 Å². The topological polar surface area (TPSA) is 93.4 Å². The molecular formula is C33H50N2O6. The lowest BCUT2D eigenvalue weighted by atomic mass is 9.69. The maximum Gasteiger partial charge on any atom is 0.203 e. The minimum Gasteiger partial charge on any atom is -0.493 e. The number of unbranched alkanes of at least 4 members (excludes halogenated alkanes) is 2. The first kappa shape index (κ1) is 34.1. The number of ether oxygens (including phenoxy) is 5. The summed E-state index contributed by atoms with van der Waals surface area (Å²) in [7, 11) is 9.99. The van der Waals surface area contributed by atoms with Crippen LogP contribution in [0.1, 0.15) is 63.1 Å². The van der Waals surface area contributed by atoms with Crippen molar-refractivity contribution in [2.75, 3.05) is 55.7 Å². The standard InChI is InChI=1S/C33H50N2O6/c1-10-11-12-13-24-16-28(37-5)29(38-6)17-25(24)14-15-35(4)21-27(36)20-33(22-34,23(2)3)26-18-30(39-7)32(41-9)31(19-26)40-8/h16-19,23,27,36H,10-15,20-21H2,1-9H3. The normalized spacial score (nSPS) is 13.4. The predicted molar refractivity (Wildman–Crippen MR) is 163 cm³/mol. The van der Waals surface area contributed by atoms with Crippen molar-refractivity contribution < 1.29 is 28.8 Å². The molecule has 0 bridgehead atoms. The molecule has 2 atom stereocenters. The van der Waals surface area contributed by atoms with Crippen LogP contribution in [0.2, 0.25) is 0 Å². The highest BCUT2D eigenvalue weighted by Crippen LogP contribution is 2.45. The van der Waals surface area contributed by atoms with Gasteiger partial charge in [-0.15, -0.1) is 0 Å². The molecule has 0 aliphatic heterocycles. The fourth-order valence-electron chi connectivity index (χ4n) is 5.46. The smallest absolute Gasteiger partial charge is 0.203 e. The molecular weight excluding hydrogens is 520 g/mol. The number of aliphatic hydroxyl groups is 1. The van der Waals surface area contributed by atoms with Crippen molar-refractivity contribution in [1.29, 1.82) is 5.26 Å². The zero-order chi connectivity index (χ0) is 30.6. The van der Waals surface area contributed by atoms with E-state index in [4.69, 9.17) is 23.7 Å². The first-order valence-corrected chi connectivity index (χ1v) is 14.5. The Bertz CT molecular complexity index is 1120. The van der Waals surface area contributed by atoms with Gasteiger partial charge in [0.05, 0.1) is 53.1 Å². The summed E-state index contributed by atoms with van der Waals surface area (Å²) in [5.74, 6) is 2.84. The summed E-state index contributed by atoms with van der Waals surface area (Å²) in [6.45, 7) is 7.38. The summed E-state index contributed by atoms with van der Waals surface area (Å²) in [5, 5.41) is 21.8. The van der Waals surface area contributed by atoms with Crippen molar-refractivity contribution in [3.8, 4) is 34.8 Å². The number of nitrogens with zero attached hydrogens (tertiary/aromatic N) is 2. The Kier molecular flexibility index (Phi) is 13.6. The second-order valence-corrected chi connectivity index (χ2v) is 11.0. The molecule has 41 heavy (non-hydrogen) atoms. The van der Waals surface area contributed by atoms with Crippen LogP contribution in [-0.2, 0) is 18.3 Å². The summed E-state index contributed by atoms with van der Waals surface area (Å²) < 4.78 is 27.7. The molecule has 8 heteroatoms. The quantitative estimate of drug-likeness (QED) is 0.225. The van der Waals surface area contributed by atoms with Crippen LogP contribution in [-0.4, -0.2) is 71.8 Å². The molecule has 0 aromatic heterocycles. The molecule has 228 valence electrons. The number of nitriles is 1. The first-order chi connectivity index (χ1) is 19.6. The maximum atomic E-state index is 11.3. The van der Waals surface area contributed by atoms with Gasteiger partial charge in [0.2, 0.25) is 5.75 Å². The molecule has 0 heterocycles. The van der Waals surface area contributed by atoms with E-state index < -0.39 is 11.5 Å². The maximum absolute atomic E-state index is 11.3. The molecule has 2 aromatic rings. The van der Waals surface area contributed by atoms with Gasteiger partial charge in [0.25, 0.3) is 0 Å². The summed E-state index contributed by atoms with van der Waals surface area (Å²) in [6, 6.07) is 10.3. The predicted octanol–water partition coefficient (Wildman–Crippen LogP) is 5.81. The minimum absolute atomic E-state index is 0.0762. The highest BCUT2D eigenvalue weighted by Gasteiger charge is 2.40. The highest BCUT2D eigenvalue weighted by molar-refractivity contribution is 5.56. The van der Waals surface area contributed by atoms with E-state index in [0.717, 1.165) is 42.9 Å². The molecule has 1 N–H and O–H groups in total. The lowest BCUT2D eigenvalue weighted by molar-refractivity contribution is 0.0932. The molecule has 0 aliphatic rings. The molecule has 8 nitrogen and oxygen atoms in total. The van der Waals surface area contributed by atoms with Crippen LogP contribution in [0.15, 0.2) is 24.3 Å².